The van der Waals surface area contributed by atoms with Crippen molar-refractivity contribution in [3.05, 3.63) is 84.4 Å². The number of aldehydes is 1. The first-order valence-corrected chi connectivity index (χ1v) is 7.79. The third kappa shape index (κ3) is 4.54. The van der Waals surface area contributed by atoms with Gasteiger partial charge in [-0.1, -0.05) is 42.5 Å². The van der Waals surface area contributed by atoms with Gasteiger partial charge in [-0.15, -0.1) is 0 Å². The van der Waals surface area contributed by atoms with Crippen molar-refractivity contribution in [3.8, 4) is 22.6 Å². The summed E-state index contributed by atoms with van der Waals surface area (Å²) in [6, 6.07) is 23.8. The molecule has 0 bridgehead atoms. The molecule has 0 heterocycles. The summed E-state index contributed by atoms with van der Waals surface area (Å²) >= 11 is 0. The van der Waals surface area contributed by atoms with Gasteiger partial charge in [0.25, 0.3) is 0 Å². The highest BCUT2D eigenvalue weighted by Gasteiger charge is 2.06. The van der Waals surface area contributed by atoms with Gasteiger partial charge in [0, 0.05) is 5.56 Å². The van der Waals surface area contributed by atoms with E-state index in [2.05, 4.69) is 0 Å². The molecular weight excluding hydrogens is 316 g/mol. The van der Waals surface area contributed by atoms with E-state index in [1.807, 2.05) is 54.6 Å². The minimum absolute atomic E-state index is 0.194. The maximum Gasteiger partial charge on any atom is 0.349 e. The highest BCUT2D eigenvalue weighted by molar-refractivity contribution is 5.76. The first kappa shape index (κ1) is 16.5. The summed E-state index contributed by atoms with van der Waals surface area (Å²) in [5.41, 5.74) is 2.72. The summed E-state index contributed by atoms with van der Waals surface area (Å²) in [5, 5.41) is 0. The van der Waals surface area contributed by atoms with Gasteiger partial charge in [-0.2, -0.15) is 0 Å². The molecule has 0 saturated carbocycles. The largest absolute Gasteiger partial charge is 0.482 e. The standard InChI is InChI=1S/C21H16O4/c22-14-16-6-10-20(11-7-16)25-21(23)15-24-19-12-8-18(9-13-19)17-4-2-1-3-5-17/h1-14H,15H2. The zero-order valence-corrected chi connectivity index (χ0v) is 13.4. The summed E-state index contributed by atoms with van der Waals surface area (Å²) in [7, 11) is 0. The molecule has 3 aromatic carbocycles. The SMILES string of the molecule is O=Cc1ccc(OC(=O)COc2ccc(-c3ccccc3)cc2)cc1. The number of rotatable bonds is 6. The summed E-state index contributed by atoms with van der Waals surface area (Å²) in [4.78, 5) is 22.4. The monoisotopic (exact) mass is 332 g/mol. The van der Waals surface area contributed by atoms with Crippen LogP contribution in [0.2, 0.25) is 0 Å². The molecule has 3 aromatic rings. The van der Waals surface area contributed by atoms with E-state index in [0.29, 0.717) is 17.1 Å². The van der Waals surface area contributed by atoms with Gasteiger partial charge >= 0.3 is 5.97 Å². The normalized spacial score (nSPS) is 10.1. The van der Waals surface area contributed by atoms with Crippen LogP contribution in [-0.4, -0.2) is 18.9 Å². The zero-order chi connectivity index (χ0) is 17.5. The van der Waals surface area contributed by atoms with E-state index in [0.717, 1.165) is 17.4 Å². The number of carbonyl (C=O) groups excluding carboxylic acids is 2. The van der Waals surface area contributed by atoms with Crippen molar-refractivity contribution in [2.75, 3.05) is 6.61 Å². The van der Waals surface area contributed by atoms with Crippen LogP contribution in [0.5, 0.6) is 11.5 Å². The quantitative estimate of drug-likeness (QED) is 0.386. The predicted octanol–water partition coefficient (Wildman–Crippen LogP) is 4.15. The Labute approximate surface area is 145 Å². The van der Waals surface area contributed by atoms with Gasteiger partial charge in [-0.05, 0) is 47.5 Å². The second kappa shape index (κ2) is 7.93. The molecule has 0 saturated heterocycles. The Morgan fingerprint density at radius 1 is 0.760 bits per heavy atom. The van der Waals surface area contributed by atoms with Crippen LogP contribution in [0.15, 0.2) is 78.9 Å². The van der Waals surface area contributed by atoms with Crippen LogP contribution in [-0.2, 0) is 4.79 Å². The van der Waals surface area contributed by atoms with Gasteiger partial charge in [0.05, 0.1) is 0 Å². The minimum atomic E-state index is -0.508. The Bertz CT molecular complexity index is 837. The number of hydrogen-bond acceptors (Lipinski definition) is 4. The maximum atomic E-state index is 11.8. The zero-order valence-electron chi connectivity index (χ0n) is 13.4. The van der Waals surface area contributed by atoms with Crippen LogP contribution in [0, 0.1) is 0 Å². The maximum absolute atomic E-state index is 11.8. The molecule has 0 atom stereocenters. The molecule has 3 rings (SSSR count). The van der Waals surface area contributed by atoms with Crippen molar-refractivity contribution in [2.24, 2.45) is 0 Å². The van der Waals surface area contributed by atoms with Crippen molar-refractivity contribution >= 4 is 12.3 Å². The Balaban J connectivity index is 1.54. The summed E-state index contributed by atoms with van der Waals surface area (Å²) in [6.45, 7) is -0.194. The van der Waals surface area contributed by atoms with Gasteiger partial charge in [0.2, 0.25) is 0 Å². The summed E-state index contributed by atoms with van der Waals surface area (Å²) in [6.07, 6.45) is 0.730. The number of hydrogen-bond donors (Lipinski definition) is 0. The van der Waals surface area contributed by atoms with Crippen LogP contribution in [0.25, 0.3) is 11.1 Å². The smallest absolute Gasteiger partial charge is 0.349 e. The number of carbonyl (C=O) groups is 2. The molecule has 0 aromatic heterocycles. The molecular formula is C21H16O4. The fraction of sp³-hybridized carbons (Fsp3) is 0.0476. The van der Waals surface area contributed by atoms with E-state index >= 15 is 0 Å². The molecule has 124 valence electrons. The molecule has 0 aliphatic heterocycles. The average molecular weight is 332 g/mol. The Hall–Kier alpha value is -3.40. The minimum Gasteiger partial charge on any atom is -0.482 e. The van der Waals surface area contributed by atoms with Crippen LogP contribution >= 0.6 is 0 Å². The van der Waals surface area contributed by atoms with E-state index in [4.69, 9.17) is 9.47 Å². The molecule has 0 aliphatic rings. The highest BCUT2D eigenvalue weighted by atomic mass is 16.6. The topological polar surface area (TPSA) is 52.6 Å². The second-order valence-corrected chi connectivity index (χ2v) is 5.34. The molecule has 0 radical (unpaired) electrons. The molecule has 0 aliphatic carbocycles. The fourth-order valence-electron chi connectivity index (χ4n) is 2.29. The van der Waals surface area contributed by atoms with E-state index in [-0.39, 0.29) is 6.61 Å². The molecule has 0 fully saturated rings. The van der Waals surface area contributed by atoms with E-state index < -0.39 is 5.97 Å². The van der Waals surface area contributed by atoms with Crippen LogP contribution in [0.3, 0.4) is 0 Å². The lowest BCUT2D eigenvalue weighted by Gasteiger charge is -2.08. The van der Waals surface area contributed by atoms with E-state index in [1.165, 1.54) is 0 Å². The first-order valence-electron chi connectivity index (χ1n) is 7.79. The third-order valence-electron chi connectivity index (χ3n) is 3.57. The van der Waals surface area contributed by atoms with Gasteiger partial charge < -0.3 is 9.47 Å². The first-order chi connectivity index (χ1) is 12.2. The lowest BCUT2D eigenvalue weighted by Crippen LogP contribution is -2.17. The molecule has 0 amide bonds. The van der Waals surface area contributed by atoms with E-state index in [1.54, 1.807) is 24.3 Å². The van der Waals surface area contributed by atoms with Crippen LogP contribution in [0.4, 0.5) is 0 Å². The number of ether oxygens (including phenoxy) is 2. The van der Waals surface area contributed by atoms with Gasteiger partial charge in [-0.25, -0.2) is 4.79 Å². The molecule has 4 heteroatoms. The number of esters is 1. The summed E-state index contributed by atoms with van der Waals surface area (Å²) in [5.74, 6) is 0.456. The Kier molecular flexibility index (Phi) is 5.22. The molecule has 4 nitrogen and oxygen atoms in total. The van der Waals surface area contributed by atoms with Gasteiger partial charge in [0.15, 0.2) is 6.61 Å². The summed E-state index contributed by atoms with van der Waals surface area (Å²) < 4.78 is 10.6. The Morgan fingerprint density at radius 3 is 2.00 bits per heavy atom. The number of benzene rings is 3. The lowest BCUT2D eigenvalue weighted by molar-refractivity contribution is -0.136. The van der Waals surface area contributed by atoms with Crippen molar-refractivity contribution in [3.63, 3.8) is 0 Å². The average Bonchev–Trinajstić information content (AvgIpc) is 2.68. The van der Waals surface area contributed by atoms with Crippen LogP contribution < -0.4 is 9.47 Å². The molecule has 0 spiro atoms. The highest BCUT2D eigenvalue weighted by Crippen LogP contribution is 2.22. The molecule has 0 unspecified atom stereocenters. The van der Waals surface area contributed by atoms with Crippen molar-refractivity contribution in [2.45, 2.75) is 0 Å². The van der Waals surface area contributed by atoms with Gasteiger partial charge in [-0.3, -0.25) is 4.79 Å². The molecule has 25 heavy (non-hydrogen) atoms. The van der Waals surface area contributed by atoms with Crippen molar-refractivity contribution < 1.29 is 19.1 Å². The van der Waals surface area contributed by atoms with Crippen LogP contribution in [0.1, 0.15) is 10.4 Å². The predicted molar refractivity (Wildman–Crippen MR) is 94.8 cm³/mol. The molecule has 0 N–H and O–H groups in total. The fourth-order valence-corrected chi connectivity index (χ4v) is 2.29. The van der Waals surface area contributed by atoms with Crippen molar-refractivity contribution in [1.82, 2.24) is 0 Å². The van der Waals surface area contributed by atoms with E-state index in [9.17, 15) is 9.59 Å². The van der Waals surface area contributed by atoms with Crippen molar-refractivity contribution in [1.29, 1.82) is 0 Å². The second-order valence-electron chi connectivity index (χ2n) is 5.34. The van der Waals surface area contributed by atoms with Gasteiger partial charge in [0.1, 0.15) is 17.8 Å². The Morgan fingerprint density at radius 2 is 1.36 bits per heavy atom. The third-order valence-corrected chi connectivity index (χ3v) is 3.57. The lowest BCUT2D eigenvalue weighted by atomic mass is 10.1.